The molecule has 1 rings (SSSR count). The molecule has 236 valence electrons. The van der Waals surface area contributed by atoms with Crippen LogP contribution in [0, 0.1) is 0 Å². The number of halogens is 6. The number of carbonyl (C=O) groups is 5. The van der Waals surface area contributed by atoms with E-state index in [1.165, 1.54) is 4.90 Å². The van der Waals surface area contributed by atoms with Crippen molar-refractivity contribution < 1.29 is 70.7 Å². The average Bonchev–Trinajstić information content (AvgIpc) is 2.81. The lowest BCUT2D eigenvalue weighted by Crippen LogP contribution is -2.45. The van der Waals surface area contributed by atoms with Crippen LogP contribution < -0.4 is 5.32 Å². The maximum absolute atomic E-state index is 13.1. The van der Waals surface area contributed by atoms with Gasteiger partial charge >= 0.3 is 36.2 Å². The minimum absolute atomic E-state index is 0.115. The average molecular weight is 618 g/mol. The van der Waals surface area contributed by atoms with Crippen molar-refractivity contribution in [2.45, 2.75) is 18.8 Å². The number of hydrogen-bond acceptors (Lipinski definition) is 8. The van der Waals surface area contributed by atoms with E-state index in [1.54, 1.807) is 0 Å². The van der Waals surface area contributed by atoms with Crippen LogP contribution in [-0.4, -0.2) is 124 Å². The van der Waals surface area contributed by atoms with Crippen molar-refractivity contribution >= 4 is 35.5 Å². The number of alkyl halides is 6. The molecule has 0 fully saturated rings. The van der Waals surface area contributed by atoms with Gasteiger partial charge in [-0.3, -0.25) is 38.7 Å². The van der Waals surface area contributed by atoms with Crippen LogP contribution >= 0.6 is 0 Å². The van der Waals surface area contributed by atoms with E-state index in [1.807, 2.05) is 5.32 Å². The van der Waals surface area contributed by atoms with Crippen LogP contribution in [0.2, 0.25) is 0 Å². The molecule has 0 aliphatic carbocycles. The smallest absolute Gasteiger partial charge is 0.416 e. The van der Waals surface area contributed by atoms with E-state index >= 15 is 0 Å². The molecule has 42 heavy (non-hydrogen) atoms. The quantitative estimate of drug-likeness (QED) is 0.149. The Kier molecular flexibility index (Phi) is 13.6. The first-order valence-corrected chi connectivity index (χ1v) is 11.9. The number of amides is 1. The molecular formula is C23H28F6N4O9. The van der Waals surface area contributed by atoms with Gasteiger partial charge in [-0.15, -0.1) is 0 Å². The topological polar surface area (TPSA) is 188 Å². The fourth-order valence-electron chi connectivity index (χ4n) is 3.59. The molecule has 0 atom stereocenters. The van der Waals surface area contributed by atoms with Crippen molar-refractivity contribution in [2.24, 2.45) is 0 Å². The summed E-state index contributed by atoms with van der Waals surface area (Å²) in [4.78, 5) is 60.2. The summed E-state index contributed by atoms with van der Waals surface area (Å²) in [6.07, 6.45) is -10.8. The zero-order chi connectivity index (χ0) is 32.3. The molecule has 19 heteroatoms. The van der Waals surface area contributed by atoms with Crippen LogP contribution in [-0.2, 0) is 36.3 Å². The molecule has 0 heterocycles. The lowest BCUT2D eigenvalue weighted by molar-refractivity contribution is -0.144. The molecule has 1 aromatic rings. The van der Waals surface area contributed by atoms with Crippen molar-refractivity contribution in [3.05, 3.63) is 29.3 Å². The third-order valence-electron chi connectivity index (χ3n) is 5.43. The summed E-state index contributed by atoms with van der Waals surface area (Å²) in [5.74, 6) is -6.35. The van der Waals surface area contributed by atoms with E-state index in [2.05, 4.69) is 0 Å². The monoisotopic (exact) mass is 618 g/mol. The summed E-state index contributed by atoms with van der Waals surface area (Å²) in [5.41, 5.74) is -4.08. The van der Waals surface area contributed by atoms with E-state index < -0.39 is 91.6 Å². The van der Waals surface area contributed by atoms with Crippen LogP contribution in [0.5, 0.6) is 0 Å². The summed E-state index contributed by atoms with van der Waals surface area (Å²) in [5, 5.41) is 38.1. The summed E-state index contributed by atoms with van der Waals surface area (Å²) < 4.78 is 78.3. The minimum Gasteiger partial charge on any atom is -0.480 e. The Labute approximate surface area is 233 Å². The van der Waals surface area contributed by atoms with Crippen LogP contribution in [0.3, 0.4) is 0 Å². The lowest BCUT2D eigenvalue weighted by Gasteiger charge is -2.27. The number of rotatable bonds is 18. The number of carboxylic acids is 4. The second kappa shape index (κ2) is 15.9. The highest BCUT2D eigenvalue weighted by molar-refractivity contribution is 5.91. The fourth-order valence-corrected chi connectivity index (χ4v) is 3.59. The first kappa shape index (κ1) is 36.1. The maximum Gasteiger partial charge on any atom is 0.416 e. The van der Waals surface area contributed by atoms with Gasteiger partial charge in [-0.25, -0.2) is 0 Å². The molecular weight excluding hydrogens is 590 g/mol. The van der Waals surface area contributed by atoms with Crippen molar-refractivity contribution in [1.82, 2.24) is 14.7 Å². The van der Waals surface area contributed by atoms with E-state index in [0.29, 0.717) is 12.1 Å². The lowest BCUT2D eigenvalue weighted by atomic mass is 10.1. The molecule has 5 N–H and O–H groups in total. The second-order valence-electron chi connectivity index (χ2n) is 8.93. The van der Waals surface area contributed by atoms with Crippen molar-refractivity contribution in [1.29, 1.82) is 0 Å². The zero-order valence-electron chi connectivity index (χ0n) is 21.7. The van der Waals surface area contributed by atoms with Crippen molar-refractivity contribution in [2.75, 3.05) is 64.2 Å². The molecule has 0 aliphatic heterocycles. The van der Waals surface area contributed by atoms with Gasteiger partial charge in [0.1, 0.15) is 0 Å². The van der Waals surface area contributed by atoms with E-state index in [4.69, 9.17) is 15.3 Å². The maximum atomic E-state index is 13.1. The Balaban J connectivity index is 2.91. The van der Waals surface area contributed by atoms with Gasteiger partial charge in [0.05, 0.1) is 37.3 Å². The first-order valence-electron chi connectivity index (χ1n) is 11.9. The Hall–Kier alpha value is -3.97. The molecule has 0 aliphatic rings. The number of nitrogens with one attached hydrogen (secondary N) is 1. The van der Waals surface area contributed by atoms with Gasteiger partial charge in [0.25, 0.3) is 0 Å². The summed E-state index contributed by atoms with van der Waals surface area (Å²) in [6.45, 7) is -3.52. The van der Waals surface area contributed by atoms with Gasteiger partial charge in [-0.2, -0.15) is 26.3 Å². The Morgan fingerprint density at radius 3 is 1.26 bits per heavy atom. The largest absolute Gasteiger partial charge is 0.480 e. The molecule has 0 aromatic heterocycles. The molecule has 0 saturated heterocycles. The zero-order valence-corrected chi connectivity index (χ0v) is 21.7. The van der Waals surface area contributed by atoms with Crippen LogP contribution in [0.1, 0.15) is 17.5 Å². The predicted octanol–water partition coefficient (Wildman–Crippen LogP) is 1.30. The highest BCUT2D eigenvalue weighted by Crippen LogP contribution is 2.37. The number of benzene rings is 1. The molecule has 0 bridgehead atoms. The van der Waals surface area contributed by atoms with Gasteiger partial charge in [0.15, 0.2) is 0 Å². The van der Waals surface area contributed by atoms with Crippen LogP contribution in [0.25, 0.3) is 0 Å². The summed E-state index contributed by atoms with van der Waals surface area (Å²) in [7, 11) is 0. The first-order chi connectivity index (χ1) is 19.3. The number of carboxylic acid groups (broad SMARTS) is 4. The number of hydrogen-bond donors (Lipinski definition) is 5. The number of anilines is 1. The molecule has 0 saturated carbocycles. The van der Waals surface area contributed by atoms with E-state index in [-0.39, 0.29) is 38.8 Å². The minimum atomic E-state index is -5.14. The third kappa shape index (κ3) is 14.6. The van der Waals surface area contributed by atoms with Crippen molar-refractivity contribution in [3.8, 4) is 0 Å². The normalized spacial score (nSPS) is 12.1. The molecule has 0 spiro atoms. The highest BCUT2D eigenvalue weighted by atomic mass is 19.4. The predicted molar refractivity (Wildman–Crippen MR) is 130 cm³/mol. The van der Waals surface area contributed by atoms with Gasteiger partial charge in [0, 0.05) is 44.8 Å². The summed E-state index contributed by atoms with van der Waals surface area (Å²) in [6, 6.07) is 0.504. The van der Waals surface area contributed by atoms with Crippen LogP contribution in [0.15, 0.2) is 18.2 Å². The van der Waals surface area contributed by atoms with Gasteiger partial charge < -0.3 is 25.7 Å². The third-order valence-corrected chi connectivity index (χ3v) is 5.43. The number of nitrogens with zero attached hydrogens (tertiary/aromatic N) is 3. The number of carbonyl (C=O) groups excluding carboxylic acids is 1. The second-order valence-corrected chi connectivity index (χ2v) is 8.93. The van der Waals surface area contributed by atoms with Gasteiger partial charge in [0.2, 0.25) is 5.91 Å². The molecule has 1 amide bonds. The standard InChI is InChI=1S/C23H28F6N4O9/c24-22(25,26)14-7-15(23(27,28)29)9-16(8-14)30-17(34)1-2-31(10-18(35)36)3-4-32(11-19(37)38)5-6-33(12-20(39)40)13-21(41)42/h7-9H,1-6,10-13H2,(H,30,34)(H,35,36)(H,37,38)(H,39,40)(H,41,42). The van der Waals surface area contributed by atoms with E-state index in [9.17, 15) is 55.4 Å². The van der Waals surface area contributed by atoms with E-state index in [0.717, 1.165) is 9.80 Å². The highest BCUT2D eigenvalue weighted by Gasteiger charge is 2.37. The fraction of sp³-hybridized carbons (Fsp3) is 0.522. The molecule has 0 radical (unpaired) electrons. The Morgan fingerprint density at radius 2 is 0.905 bits per heavy atom. The summed E-state index contributed by atoms with van der Waals surface area (Å²) >= 11 is 0. The molecule has 1 aromatic carbocycles. The molecule has 0 unspecified atom stereocenters. The SMILES string of the molecule is O=C(O)CN(CCC(=O)Nc1cc(C(F)(F)F)cc(C(F)(F)F)c1)CCN(CCN(CC(=O)O)CC(=O)O)CC(=O)O. The van der Waals surface area contributed by atoms with Crippen LogP contribution in [0.4, 0.5) is 32.0 Å². The van der Waals surface area contributed by atoms with Gasteiger partial charge in [-0.05, 0) is 18.2 Å². The number of aliphatic carboxylic acids is 4. The van der Waals surface area contributed by atoms with Gasteiger partial charge in [-0.1, -0.05) is 0 Å². The Bertz CT molecular complexity index is 1080. The Morgan fingerprint density at radius 1 is 0.571 bits per heavy atom. The van der Waals surface area contributed by atoms with Crippen molar-refractivity contribution in [3.63, 3.8) is 0 Å². The molecule has 13 nitrogen and oxygen atoms in total.